The van der Waals surface area contributed by atoms with E-state index in [4.69, 9.17) is 5.73 Å². The Balaban J connectivity index is 2.10. The van der Waals surface area contributed by atoms with Gasteiger partial charge in [-0.1, -0.05) is 12.1 Å². The molecule has 0 saturated heterocycles. The highest BCUT2D eigenvalue weighted by Crippen LogP contribution is 2.15. The number of hydrogen-bond donors (Lipinski definition) is 2. The van der Waals surface area contributed by atoms with Gasteiger partial charge in [-0.15, -0.1) is 0 Å². The SMILES string of the molecule is Cc1ccc(S(=O)(=O)NCCc2cccnc2)cc1C(N)=O. The highest BCUT2D eigenvalue weighted by molar-refractivity contribution is 7.89. The smallest absolute Gasteiger partial charge is 0.249 e. The van der Waals surface area contributed by atoms with Gasteiger partial charge in [0.2, 0.25) is 15.9 Å². The molecule has 1 aromatic carbocycles. The Morgan fingerprint density at radius 3 is 2.73 bits per heavy atom. The monoisotopic (exact) mass is 319 g/mol. The Morgan fingerprint density at radius 2 is 2.09 bits per heavy atom. The average Bonchev–Trinajstić information content (AvgIpc) is 2.48. The van der Waals surface area contributed by atoms with Crippen LogP contribution in [0.3, 0.4) is 0 Å². The first-order valence-electron chi connectivity index (χ1n) is 6.69. The number of nitrogens with two attached hydrogens (primary N) is 1. The van der Waals surface area contributed by atoms with E-state index in [0.717, 1.165) is 5.56 Å². The molecule has 7 heteroatoms. The van der Waals surface area contributed by atoms with Gasteiger partial charge in [-0.25, -0.2) is 13.1 Å². The molecule has 0 aliphatic rings. The van der Waals surface area contributed by atoms with Crippen molar-refractivity contribution in [2.75, 3.05) is 6.54 Å². The van der Waals surface area contributed by atoms with E-state index in [2.05, 4.69) is 9.71 Å². The molecule has 0 fully saturated rings. The molecule has 0 unspecified atom stereocenters. The molecular formula is C15H17N3O3S. The number of pyridine rings is 1. The summed E-state index contributed by atoms with van der Waals surface area (Å²) < 4.78 is 27.0. The minimum absolute atomic E-state index is 0.0260. The zero-order valence-corrected chi connectivity index (χ0v) is 12.9. The summed E-state index contributed by atoms with van der Waals surface area (Å²) in [5.41, 5.74) is 7.02. The van der Waals surface area contributed by atoms with Gasteiger partial charge in [-0.05, 0) is 42.7 Å². The largest absolute Gasteiger partial charge is 0.366 e. The van der Waals surface area contributed by atoms with Crippen molar-refractivity contribution in [3.05, 3.63) is 59.4 Å². The number of nitrogens with one attached hydrogen (secondary N) is 1. The summed E-state index contributed by atoms with van der Waals surface area (Å²) in [5.74, 6) is -0.648. The number of carbonyl (C=O) groups excluding carboxylic acids is 1. The number of aryl methyl sites for hydroxylation is 1. The Bertz CT molecular complexity index is 774. The first-order valence-corrected chi connectivity index (χ1v) is 8.17. The first-order chi connectivity index (χ1) is 10.4. The van der Waals surface area contributed by atoms with Gasteiger partial charge in [-0.2, -0.15) is 0 Å². The highest BCUT2D eigenvalue weighted by atomic mass is 32.2. The van der Waals surface area contributed by atoms with Crippen molar-refractivity contribution in [1.29, 1.82) is 0 Å². The van der Waals surface area contributed by atoms with Crippen molar-refractivity contribution in [3.63, 3.8) is 0 Å². The molecule has 1 heterocycles. The van der Waals surface area contributed by atoms with Crippen molar-refractivity contribution in [2.24, 2.45) is 5.73 Å². The predicted octanol–water partition coefficient (Wildman–Crippen LogP) is 1.01. The lowest BCUT2D eigenvalue weighted by Crippen LogP contribution is -2.26. The van der Waals surface area contributed by atoms with Gasteiger partial charge in [-0.3, -0.25) is 9.78 Å². The normalized spacial score (nSPS) is 11.3. The number of carbonyl (C=O) groups is 1. The quantitative estimate of drug-likeness (QED) is 0.829. The second kappa shape index (κ2) is 6.67. The van der Waals surface area contributed by atoms with Crippen molar-refractivity contribution in [2.45, 2.75) is 18.2 Å². The third-order valence-corrected chi connectivity index (χ3v) is 4.67. The number of sulfonamides is 1. The molecule has 2 aromatic rings. The van der Waals surface area contributed by atoms with Gasteiger partial charge in [0, 0.05) is 24.5 Å². The molecule has 6 nitrogen and oxygen atoms in total. The minimum atomic E-state index is -3.68. The molecule has 2 rings (SSSR count). The number of aromatic nitrogens is 1. The highest BCUT2D eigenvalue weighted by Gasteiger charge is 2.16. The van der Waals surface area contributed by atoms with Crippen LogP contribution >= 0.6 is 0 Å². The third-order valence-electron chi connectivity index (χ3n) is 3.21. The third kappa shape index (κ3) is 3.90. The van der Waals surface area contributed by atoms with Crippen molar-refractivity contribution in [1.82, 2.24) is 9.71 Å². The number of hydrogen-bond acceptors (Lipinski definition) is 4. The molecule has 1 aromatic heterocycles. The number of primary amides is 1. The molecule has 3 N–H and O–H groups in total. The molecule has 22 heavy (non-hydrogen) atoms. The van der Waals surface area contributed by atoms with Gasteiger partial charge in [0.25, 0.3) is 0 Å². The predicted molar refractivity (Wildman–Crippen MR) is 82.8 cm³/mol. The summed E-state index contributed by atoms with van der Waals surface area (Å²) in [4.78, 5) is 15.3. The van der Waals surface area contributed by atoms with Crippen LogP contribution in [0.2, 0.25) is 0 Å². The summed E-state index contributed by atoms with van der Waals surface area (Å²) in [6.07, 6.45) is 3.87. The fourth-order valence-corrected chi connectivity index (χ4v) is 3.05. The van der Waals surface area contributed by atoms with Crippen LogP contribution in [0.4, 0.5) is 0 Å². The lowest BCUT2D eigenvalue weighted by Gasteiger charge is -2.09. The molecule has 0 saturated carbocycles. The zero-order valence-electron chi connectivity index (χ0n) is 12.1. The van der Waals surface area contributed by atoms with Crippen LogP contribution in [0.15, 0.2) is 47.6 Å². The summed E-state index contributed by atoms with van der Waals surface area (Å²) in [6, 6.07) is 7.98. The Morgan fingerprint density at radius 1 is 1.32 bits per heavy atom. The Labute approximate surface area is 129 Å². The molecular weight excluding hydrogens is 302 g/mol. The van der Waals surface area contributed by atoms with Crippen molar-refractivity contribution < 1.29 is 13.2 Å². The number of rotatable bonds is 6. The van der Waals surface area contributed by atoms with Crippen LogP contribution in [0.25, 0.3) is 0 Å². The second-order valence-electron chi connectivity index (χ2n) is 4.85. The molecule has 0 spiro atoms. The summed E-state index contributed by atoms with van der Waals surface area (Å²) in [5, 5.41) is 0. The van der Waals surface area contributed by atoms with Crippen molar-refractivity contribution in [3.8, 4) is 0 Å². The van der Waals surface area contributed by atoms with E-state index in [1.807, 2.05) is 6.07 Å². The molecule has 0 radical (unpaired) electrons. The molecule has 1 amide bonds. The van der Waals surface area contributed by atoms with Crippen LogP contribution in [-0.2, 0) is 16.4 Å². The molecule has 0 atom stereocenters. The molecule has 0 aliphatic heterocycles. The van der Waals surface area contributed by atoms with Gasteiger partial charge in [0.15, 0.2) is 0 Å². The maximum atomic E-state index is 12.2. The maximum absolute atomic E-state index is 12.2. The van der Waals surface area contributed by atoms with Gasteiger partial charge in [0.05, 0.1) is 4.90 Å². The summed E-state index contributed by atoms with van der Waals surface area (Å²) in [7, 11) is -3.68. The van der Waals surface area contributed by atoms with E-state index in [9.17, 15) is 13.2 Å². The topological polar surface area (TPSA) is 102 Å². The van der Waals surface area contributed by atoms with Gasteiger partial charge in [0.1, 0.15) is 0 Å². The van der Waals surface area contributed by atoms with E-state index in [1.165, 1.54) is 12.1 Å². The van der Waals surface area contributed by atoms with E-state index < -0.39 is 15.9 Å². The van der Waals surface area contributed by atoms with Crippen LogP contribution in [0.1, 0.15) is 21.5 Å². The summed E-state index contributed by atoms with van der Waals surface area (Å²) in [6.45, 7) is 1.94. The Kier molecular flexibility index (Phi) is 4.89. The first kappa shape index (κ1) is 16.1. The van der Waals surface area contributed by atoms with Crippen LogP contribution in [0, 0.1) is 6.92 Å². The van der Waals surface area contributed by atoms with Gasteiger partial charge >= 0.3 is 0 Å². The fourth-order valence-electron chi connectivity index (χ4n) is 1.99. The fraction of sp³-hybridized carbons (Fsp3) is 0.200. The summed E-state index contributed by atoms with van der Waals surface area (Å²) >= 11 is 0. The van der Waals surface area contributed by atoms with Crippen LogP contribution in [0.5, 0.6) is 0 Å². The van der Waals surface area contributed by atoms with Gasteiger partial charge < -0.3 is 5.73 Å². The minimum Gasteiger partial charge on any atom is -0.366 e. The second-order valence-corrected chi connectivity index (χ2v) is 6.62. The lowest BCUT2D eigenvalue weighted by atomic mass is 10.1. The Hall–Kier alpha value is -2.25. The van der Waals surface area contributed by atoms with E-state index in [-0.39, 0.29) is 17.0 Å². The lowest BCUT2D eigenvalue weighted by molar-refractivity contribution is 0.0999. The maximum Gasteiger partial charge on any atom is 0.249 e. The van der Waals surface area contributed by atoms with Crippen molar-refractivity contribution >= 4 is 15.9 Å². The number of nitrogens with zero attached hydrogens (tertiary/aromatic N) is 1. The van der Waals surface area contributed by atoms with Crippen LogP contribution in [-0.4, -0.2) is 25.9 Å². The van der Waals surface area contributed by atoms with E-state index in [0.29, 0.717) is 12.0 Å². The molecule has 0 aliphatic carbocycles. The van der Waals surface area contributed by atoms with Crippen LogP contribution < -0.4 is 10.5 Å². The molecule has 0 bridgehead atoms. The molecule has 116 valence electrons. The number of amides is 1. The number of benzene rings is 1. The average molecular weight is 319 g/mol. The standard InChI is InChI=1S/C15H17N3O3S/c1-11-4-5-13(9-14(11)15(16)19)22(20,21)18-8-6-12-3-2-7-17-10-12/h2-5,7,9-10,18H,6,8H2,1H3,(H2,16,19). The van der Waals surface area contributed by atoms with E-state index in [1.54, 1.807) is 31.5 Å². The van der Waals surface area contributed by atoms with E-state index >= 15 is 0 Å². The zero-order chi connectivity index (χ0) is 16.2.